The van der Waals surface area contributed by atoms with E-state index in [9.17, 15) is 0 Å². The Morgan fingerprint density at radius 1 is 0.733 bits per heavy atom. The van der Waals surface area contributed by atoms with Crippen molar-refractivity contribution in [3.05, 3.63) is 41.5 Å². The third-order valence-electron chi connectivity index (χ3n) is 6.88. The molecule has 0 bridgehead atoms. The van der Waals surface area contributed by atoms with Crippen molar-refractivity contribution in [1.82, 2.24) is 4.90 Å². The lowest BCUT2D eigenvalue weighted by molar-refractivity contribution is 0.169. The highest BCUT2D eigenvalue weighted by Gasteiger charge is 2.38. The highest BCUT2D eigenvalue weighted by Crippen LogP contribution is 2.54. The minimum atomic E-state index is 0.305. The fraction of sp³-hybridized carbons (Fsp3) is 0.440. The van der Waals surface area contributed by atoms with Gasteiger partial charge in [0.25, 0.3) is 0 Å². The van der Waals surface area contributed by atoms with E-state index in [1.165, 1.54) is 48.1 Å². The summed E-state index contributed by atoms with van der Waals surface area (Å²) in [7, 11) is 6.77. The smallest absolute Gasteiger partial charge is 0.161 e. The van der Waals surface area contributed by atoms with E-state index in [0.29, 0.717) is 12.0 Å². The number of methoxy groups -OCH3 is 4. The minimum Gasteiger partial charge on any atom is -0.493 e. The van der Waals surface area contributed by atoms with E-state index in [-0.39, 0.29) is 0 Å². The number of ether oxygens (including phenoxy) is 4. The fourth-order valence-electron chi connectivity index (χ4n) is 5.39. The summed E-state index contributed by atoms with van der Waals surface area (Å²) >= 11 is 0. The van der Waals surface area contributed by atoms with Crippen LogP contribution in [0.3, 0.4) is 0 Å². The molecule has 158 valence electrons. The Bertz CT molecular complexity index is 1010. The maximum absolute atomic E-state index is 5.66. The summed E-state index contributed by atoms with van der Waals surface area (Å²) in [6.45, 7) is 2.21. The lowest BCUT2D eigenvalue weighted by Crippen LogP contribution is -2.44. The molecule has 0 spiro atoms. The van der Waals surface area contributed by atoms with E-state index in [1.54, 1.807) is 28.4 Å². The first-order valence-electron chi connectivity index (χ1n) is 10.7. The Morgan fingerprint density at radius 3 is 2.00 bits per heavy atom. The van der Waals surface area contributed by atoms with Crippen LogP contribution in [0, 0.1) is 0 Å². The van der Waals surface area contributed by atoms with Gasteiger partial charge in [-0.2, -0.15) is 0 Å². The van der Waals surface area contributed by atoms with Gasteiger partial charge in [0.2, 0.25) is 0 Å². The SMILES string of the molecule is COc1cc2c(cc1OC)-c1cc(OC)c(OC)cc1[C@H]1CN3CCCCC3C=C21. The summed E-state index contributed by atoms with van der Waals surface area (Å²) in [5, 5.41) is 0. The molecule has 30 heavy (non-hydrogen) atoms. The highest BCUT2D eigenvalue weighted by molar-refractivity contribution is 5.94. The maximum atomic E-state index is 5.66. The third-order valence-corrected chi connectivity index (χ3v) is 6.88. The van der Waals surface area contributed by atoms with Gasteiger partial charge in [-0.15, -0.1) is 0 Å². The molecule has 5 heteroatoms. The molecule has 0 saturated carbocycles. The molecule has 1 unspecified atom stereocenters. The van der Waals surface area contributed by atoms with E-state index in [4.69, 9.17) is 18.9 Å². The van der Waals surface area contributed by atoms with Gasteiger partial charge in [0, 0.05) is 18.5 Å². The van der Waals surface area contributed by atoms with Crippen LogP contribution in [0.25, 0.3) is 16.7 Å². The predicted molar refractivity (Wildman–Crippen MR) is 118 cm³/mol. The van der Waals surface area contributed by atoms with Crippen molar-refractivity contribution in [3.8, 4) is 34.1 Å². The van der Waals surface area contributed by atoms with Crippen molar-refractivity contribution in [3.63, 3.8) is 0 Å². The van der Waals surface area contributed by atoms with Gasteiger partial charge in [-0.05, 0) is 71.5 Å². The average molecular weight is 408 g/mol. The van der Waals surface area contributed by atoms with E-state index in [0.717, 1.165) is 35.1 Å². The van der Waals surface area contributed by atoms with Crippen molar-refractivity contribution in [2.45, 2.75) is 31.2 Å². The molecule has 0 N–H and O–H groups in total. The number of rotatable bonds is 4. The van der Waals surface area contributed by atoms with E-state index in [1.807, 2.05) is 0 Å². The molecular weight excluding hydrogens is 378 g/mol. The number of nitrogens with zero attached hydrogens (tertiary/aromatic N) is 1. The van der Waals surface area contributed by atoms with Crippen LogP contribution in [0.15, 0.2) is 30.3 Å². The van der Waals surface area contributed by atoms with Gasteiger partial charge in [0.1, 0.15) is 0 Å². The molecular formula is C25H29NO4. The van der Waals surface area contributed by atoms with Gasteiger partial charge < -0.3 is 18.9 Å². The van der Waals surface area contributed by atoms with Gasteiger partial charge in [-0.1, -0.05) is 12.5 Å². The highest BCUT2D eigenvalue weighted by atomic mass is 16.5. The molecule has 1 fully saturated rings. The normalized spacial score (nSPS) is 22.1. The molecule has 3 aliphatic rings. The summed E-state index contributed by atoms with van der Waals surface area (Å²) in [5.74, 6) is 3.34. The molecule has 2 aliphatic heterocycles. The van der Waals surface area contributed by atoms with Crippen LogP contribution in [-0.4, -0.2) is 52.5 Å². The Labute approximate surface area is 178 Å². The number of fused-ring (bicyclic) bond motifs is 7. The zero-order chi connectivity index (χ0) is 20.8. The fourth-order valence-corrected chi connectivity index (χ4v) is 5.39. The van der Waals surface area contributed by atoms with Crippen LogP contribution < -0.4 is 18.9 Å². The average Bonchev–Trinajstić information content (AvgIpc) is 2.81. The van der Waals surface area contributed by atoms with Crippen molar-refractivity contribution in [2.24, 2.45) is 0 Å². The molecule has 2 aromatic carbocycles. The molecule has 5 nitrogen and oxygen atoms in total. The second-order valence-electron chi connectivity index (χ2n) is 8.28. The van der Waals surface area contributed by atoms with E-state index < -0.39 is 0 Å². The summed E-state index contributed by atoms with van der Waals surface area (Å²) < 4.78 is 22.6. The van der Waals surface area contributed by atoms with E-state index in [2.05, 4.69) is 35.2 Å². The molecule has 2 aromatic rings. The van der Waals surface area contributed by atoms with E-state index >= 15 is 0 Å². The van der Waals surface area contributed by atoms with Crippen LogP contribution >= 0.6 is 0 Å². The number of benzene rings is 2. The van der Waals surface area contributed by atoms with Crippen LogP contribution in [0.5, 0.6) is 23.0 Å². The minimum absolute atomic E-state index is 0.305. The molecule has 1 aliphatic carbocycles. The van der Waals surface area contributed by atoms with Gasteiger partial charge in [0.05, 0.1) is 28.4 Å². The first kappa shape index (κ1) is 19.3. The Kier molecular flexibility index (Phi) is 4.86. The summed E-state index contributed by atoms with van der Waals surface area (Å²) in [5.41, 5.74) is 6.27. The van der Waals surface area contributed by atoms with Crippen molar-refractivity contribution >= 4 is 5.57 Å². The maximum Gasteiger partial charge on any atom is 0.161 e. The van der Waals surface area contributed by atoms with Gasteiger partial charge in [0.15, 0.2) is 23.0 Å². The molecule has 0 radical (unpaired) electrons. The number of hydrogen-bond donors (Lipinski definition) is 0. The van der Waals surface area contributed by atoms with Crippen molar-refractivity contribution < 1.29 is 18.9 Å². The van der Waals surface area contributed by atoms with Crippen LogP contribution in [0.2, 0.25) is 0 Å². The summed E-state index contributed by atoms with van der Waals surface area (Å²) in [6.07, 6.45) is 6.32. The van der Waals surface area contributed by atoms with Crippen molar-refractivity contribution in [1.29, 1.82) is 0 Å². The standard InChI is InChI=1S/C25H29NO4/c1-27-22-10-17-16-9-15-7-5-6-8-26(15)14-21(16)20-13-25(30-4)24(29-3)12-19(20)18(17)11-23(22)28-2/h9-13,15,21H,5-8,14H2,1-4H3/t15?,21-/m0/s1. The lowest BCUT2D eigenvalue weighted by Gasteiger charge is -2.44. The molecule has 2 atom stereocenters. The Balaban J connectivity index is 1.78. The van der Waals surface area contributed by atoms with Crippen LogP contribution in [0.4, 0.5) is 0 Å². The molecule has 2 heterocycles. The number of piperidine rings is 1. The summed E-state index contributed by atoms with van der Waals surface area (Å²) in [6, 6.07) is 9.04. The second kappa shape index (κ2) is 7.55. The van der Waals surface area contributed by atoms with Crippen molar-refractivity contribution in [2.75, 3.05) is 41.5 Å². The Morgan fingerprint density at radius 2 is 1.33 bits per heavy atom. The lowest BCUT2D eigenvalue weighted by atomic mass is 9.71. The monoisotopic (exact) mass is 407 g/mol. The first-order valence-corrected chi connectivity index (χ1v) is 10.7. The molecule has 0 aromatic heterocycles. The third kappa shape index (κ3) is 2.87. The van der Waals surface area contributed by atoms with Crippen LogP contribution in [0.1, 0.15) is 36.3 Å². The largest absolute Gasteiger partial charge is 0.493 e. The second-order valence-corrected chi connectivity index (χ2v) is 8.28. The first-order chi connectivity index (χ1) is 14.7. The zero-order valence-electron chi connectivity index (χ0n) is 18.2. The van der Waals surface area contributed by atoms with Gasteiger partial charge >= 0.3 is 0 Å². The van der Waals surface area contributed by atoms with Gasteiger partial charge in [-0.25, -0.2) is 0 Å². The summed E-state index contributed by atoms with van der Waals surface area (Å²) in [4.78, 5) is 2.64. The topological polar surface area (TPSA) is 40.2 Å². The quantitative estimate of drug-likeness (QED) is 0.732. The van der Waals surface area contributed by atoms with Gasteiger partial charge in [-0.3, -0.25) is 4.90 Å². The Hall–Kier alpha value is -2.66. The molecule has 1 saturated heterocycles. The number of hydrogen-bond acceptors (Lipinski definition) is 5. The van der Waals surface area contributed by atoms with Crippen LogP contribution in [-0.2, 0) is 0 Å². The zero-order valence-corrected chi connectivity index (χ0v) is 18.2. The molecule has 0 amide bonds. The predicted octanol–water partition coefficient (Wildman–Crippen LogP) is 4.74. The molecule has 5 rings (SSSR count).